The molecule has 13 heteroatoms. The van der Waals surface area contributed by atoms with Gasteiger partial charge in [-0.3, -0.25) is 9.59 Å². The average molecular weight is 578 g/mol. The zero-order valence-corrected chi connectivity index (χ0v) is 22.3. The van der Waals surface area contributed by atoms with Crippen LogP contribution < -0.4 is 25.3 Å². The maximum Gasteiger partial charge on any atom is 0.424 e. The topological polar surface area (TPSA) is 133 Å². The van der Waals surface area contributed by atoms with Gasteiger partial charge in [-0.25, -0.2) is 9.37 Å². The van der Waals surface area contributed by atoms with Crippen LogP contribution in [0.15, 0.2) is 48.5 Å². The van der Waals surface area contributed by atoms with E-state index in [0.717, 1.165) is 18.2 Å². The van der Waals surface area contributed by atoms with Crippen LogP contribution in [0.3, 0.4) is 0 Å². The molecule has 0 fully saturated rings. The number of nitrogens with one attached hydrogen (secondary N) is 1. The molecule has 2 heterocycles. The maximum atomic E-state index is 14.5. The number of alkyl halides is 3. The Balaban J connectivity index is 1.70. The van der Waals surface area contributed by atoms with Gasteiger partial charge in [0.2, 0.25) is 5.60 Å². The van der Waals surface area contributed by atoms with E-state index in [9.17, 15) is 32.3 Å². The molecule has 0 spiro atoms. The number of nitrogens with two attached hydrogens (primary N) is 1. The van der Waals surface area contributed by atoms with Crippen LogP contribution in [0, 0.1) is 5.82 Å². The number of hydrogen-bond acceptors (Lipinski definition) is 8. The van der Waals surface area contributed by atoms with E-state index in [1.165, 1.54) is 44.4 Å². The Morgan fingerprint density at radius 2 is 1.83 bits per heavy atom. The molecule has 0 saturated carbocycles. The van der Waals surface area contributed by atoms with Crippen molar-refractivity contribution in [2.75, 3.05) is 26.9 Å². The first kappa shape index (κ1) is 29.7. The Morgan fingerprint density at radius 3 is 2.44 bits per heavy atom. The van der Waals surface area contributed by atoms with Crippen LogP contribution in [0.2, 0.25) is 0 Å². The van der Waals surface area contributed by atoms with Crippen LogP contribution in [0.1, 0.15) is 35.5 Å². The number of aliphatic hydroxyl groups is 1. The van der Waals surface area contributed by atoms with Gasteiger partial charge in [-0.2, -0.15) is 13.2 Å². The highest BCUT2D eigenvalue weighted by atomic mass is 19.4. The Labute approximate surface area is 232 Å². The summed E-state index contributed by atoms with van der Waals surface area (Å²) < 4.78 is 73.1. The molecule has 0 saturated heterocycles. The third-order valence-corrected chi connectivity index (χ3v) is 6.48. The summed E-state index contributed by atoms with van der Waals surface area (Å²) in [6, 6.07) is 9.63. The number of ether oxygens (including phenoxy) is 3. The minimum Gasteiger partial charge on any atom is -0.493 e. The molecular weight excluding hydrogens is 550 g/mol. The van der Waals surface area contributed by atoms with Gasteiger partial charge in [-0.1, -0.05) is 0 Å². The number of halogens is 4. The van der Waals surface area contributed by atoms with Crippen molar-refractivity contribution in [3.8, 4) is 28.5 Å². The predicted molar refractivity (Wildman–Crippen MR) is 138 cm³/mol. The lowest BCUT2D eigenvalue weighted by Gasteiger charge is -2.31. The molecule has 4 rings (SSSR count). The number of pyridine rings is 1. The van der Waals surface area contributed by atoms with Gasteiger partial charge in [0.1, 0.15) is 24.7 Å². The molecule has 1 amide bonds. The maximum absolute atomic E-state index is 14.5. The standard InChI is InChI=1S/C28H27F4N3O6/c1-15(36)12-40-20-9-6-17(10-21(20)39-3)25(37)34-13-27(38,28(30,31)32)22-11-19-24(41-14-26(19,2)33)23(35-22)16-4-7-18(29)8-5-16/h4-11,38H,12-14,33H2,1-3H3,(H,34,37)/t26-,27?/m1/s1. The third kappa shape index (κ3) is 5.95. The number of fused-ring (bicyclic) bond motifs is 1. The van der Waals surface area contributed by atoms with Gasteiger partial charge in [0.25, 0.3) is 5.91 Å². The molecule has 9 nitrogen and oxygen atoms in total. The van der Waals surface area contributed by atoms with Crippen LogP contribution in [0.5, 0.6) is 17.2 Å². The number of Topliss-reactive ketones (excluding diaryl/α,β-unsaturated/α-hetero) is 1. The van der Waals surface area contributed by atoms with Crippen LogP contribution in [0.25, 0.3) is 11.3 Å². The van der Waals surface area contributed by atoms with E-state index in [-0.39, 0.29) is 58.6 Å². The molecule has 1 aliphatic rings. The summed E-state index contributed by atoms with van der Waals surface area (Å²) in [7, 11) is 1.28. The average Bonchev–Trinajstić information content (AvgIpc) is 3.23. The molecule has 41 heavy (non-hydrogen) atoms. The first-order chi connectivity index (χ1) is 19.2. The zero-order chi connectivity index (χ0) is 30.2. The zero-order valence-electron chi connectivity index (χ0n) is 22.3. The van der Waals surface area contributed by atoms with Crippen molar-refractivity contribution in [1.29, 1.82) is 0 Å². The van der Waals surface area contributed by atoms with Gasteiger partial charge >= 0.3 is 6.18 Å². The third-order valence-electron chi connectivity index (χ3n) is 6.48. The summed E-state index contributed by atoms with van der Waals surface area (Å²) in [5, 5.41) is 13.2. The lowest BCUT2D eigenvalue weighted by Crippen LogP contribution is -2.51. The van der Waals surface area contributed by atoms with Gasteiger partial charge < -0.3 is 30.4 Å². The number of methoxy groups -OCH3 is 1. The molecule has 0 radical (unpaired) electrons. The molecule has 0 bridgehead atoms. The Bertz CT molecular complexity index is 1480. The molecule has 1 unspecified atom stereocenters. The second-order valence-corrected chi connectivity index (χ2v) is 9.84. The fourth-order valence-corrected chi connectivity index (χ4v) is 4.17. The minimum atomic E-state index is -5.30. The number of benzene rings is 2. The number of hydrogen-bond donors (Lipinski definition) is 3. The Morgan fingerprint density at radius 1 is 1.15 bits per heavy atom. The normalized spacial score (nSPS) is 17.7. The molecule has 2 atom stereocenters. The molecule has 0 aliphatic carbocycles. The van der Waals surface area contributed by atoms with Gasteiger partial charge in [-0.15, -0.1) is 0 Å². The van der Waals surface area contributed by atoms with E-state index in [4.69, 9.17) is 19.9 Å². The predicted octanol–water partition coefficient (Wildman–Crippen LogP) is 3.61. The number of rotatable bonds is 9. The SMILES string of the molecule is COc1cc(C(=O)NCC(O)(c2cc3c(c(-c4ccc(F)cc4)n2)OC[C@@]3(C)N)C(F)(F)F)ccc1OCC(C)=O. The fraction of sp³-hybridized carbons (Fsp3) is 0.321. The fourth-order valence-electron chi connectivity index (χ4n) is 4.17. The van der Waals surface area contributed by atoms with Crippen LogP contribution >= 0.6 is 0 Å². The first-order valence-corrected chi connectivity index (χ1v) is 12.3. The van der Waals surface area contributed by atoms with Crippen LogP contribution in [-0.4, -0.2) is 54.8 Å². The highest BCUT2D eigenvalue weighted by Crippen LogP contribution is 2.46. The van der Waals surface area contributed by atoms with Crippen molar-refractivity contribution in [3.05, 3.63) is 71.2 Å². The van der Waals surface area contributed by atoms with Crippen molar-refractivity contribution in [2.24, 2.45) is 5.73 Å². The van der Waals surface area contributed by atoms with Crippen LogP contribution in [0.4, 0.5) is 17.6 Å². The van der Waals surface area contributed by atoms with Crippen molar-refractivity contribution >= 4 is 11.7 Å². The molecule has 1 aliphatic heterocycles. The largest absolute Gasteiger partial charge is 0.493 e. The number of carbonyl (C=O) groups is 2. The van der Waals surface area contributed by atoms with Crippen molar-refractivity contribution in [3.63, 3.8) is 0 Å². The van der Waals surface area contributed by atoms with Gasteiger partial charge in [0, 0.05) is 16.7 Å². The second-order valence-electron chi connectivity index (χ2n) is 9.84. The number of amides is 1. The number of carbonyl (C=O) groups excluding carboxylic acids is 2. The number of aromatic nitrogens is 1. The summed E-state index contributed by atoms with van der Waals surface area (Å²) in [6.45, 7) is 1.23. The van der Waals surface area contributed by atoms with Gasteiger partial charge in [0.05, 0.1) is 24.9 Å². The summed E-state index contributed by atoms with van der Waals surface area (Å²) in [5.74, 6) is -1.47. The summed E-state index contributed by atoms with van der Waals surface area (Å²) in [6.07, 6.45) is -5.30. The molecular formula is C28H27F4N3O6. The van der Waals surface area contributed by atoms with E-state index in [0.29, 0.717) is 0 Å². The first-order valence-electron chi connectivity index (χ1n) is 12.3. The highest BCUT2D eigenvalue weighted by molar-refractivity contribution is 5.95. The number of ketones is 1. The molecule has 1 aromatic heterocycles. The lowest BCUT2D eigenvalue weighted by molar-refractivity contribution is -0.265. The second kappa shape index (κ2) is 11.0. The van der Waals surface area contributed by atoms with E-state index in [1.54, 1.807) is 6.92 Å². The van der Waals surface area contributed by atoms with Crippen molar-refractivity contribution < 1.29 is 46.5 Å². The summed E-state index contributed by atoms with van der Waals surface area (Å²) in [4.78, 5) is 28.2. The summed E-state index contributed by atoms with van der Waals surface area (Å²) >= 11 is 0. The highest BCUT2D eigenvalue weighted by Gasteiger charge is 2.57. The van der Waals surface area contributed by atoms with Gasteiger partial charge in [0.15, 0.2) is 23.0 Å². The quantitative estimate of drug-likeness (QED) is 0.329. The lowest BCUT2D eigenvalue weighted by atomic mass is 9.89. The van der Waals surface area contributed by atoms with E-state index in [1.807, 2.05) is 0 Å². The van der Waals surface area contributed by atoms with E-state index in [2.05, 4.69) is 10.3 Å². The molecule has 2 aromatic carbocycles. The molecule has 218 valence electrons. The Hall–Kier alpha value is -4.23. The van der Waals surface area contributed by atoms with Gasteiger partial charge in [-0.05, 0) is 62.4 Å². The number of nitrogens with zero attached hydrogens (tertiary/aromatic N) is 1. The van der Waals surface area contributed by atoms with Crippen LogP contribution in [-0.2, 0) is 15.9 Å². The van der Waals surface area contributed by atoms with Crippen molar-refractivity contribution in [1.82, 2.24) is 10.3 Å². The Kier molecular flexibility index (Phi) is 7.96. The smallest absolute Gasteiger partial charge is 0.424 e. The monoisotopic (exact) mass is 577 g/mol. The van der Waals surface area contributed by atoms with E-state index < -0.39 is 41.3 Å². The summed E-state index contributed by atoms with van der Waals surface area (Å²) in [5.41, 5.74) is 0.769. The minimum absolute atomic E-state index is 0.0662. The molecule has 3 aromatic rings. The van der Waals surface area contributed by atoms with Crippen molar-refractivity contribution in [2.45, 2.75) is 31.2 Å². The molecule has 4 N–H and O–H groups in total. The van der Waals surface area contributed by atoms with E-state index >= 15 is 0 Å².